The van der Waals surface area contributed by atoms with Gasteiger partial charge in [-0.3, -0.25) is 0 Å². The summed E-state index contributed by atoms with van der Waals surface area (Å²) in [7, 11) is 1.43. The second-order valence-corrected chi connectivity index (χ2v) is 5.00. The molecule has 0 heterocycles. The summed E-state index contributed by atoms with van der Waals surface area (Å²) in [5.74, 6) is -0.211. The third-order valence-electron chi connectivity index (χ3n) is 3.28. The molecule has 2 rings (SSSR count). The van der Waals surface area contributed by atoms with Gasteiger partial charge in [0.1, 0.15) is 18.5 Å². The summed E-state index contributed by atoms with van der Waals surface area (Å²) in [4.78, 5) is 11.7. The minimum Gasteiger partial charge on any atom is -0.508 e. The highest BCUT2D eigenvalue weighted by molar-refractivity contribution is 5.87. The first-order chi connectivity index (χ1) is 11.5. The van der Waals surface area contributed by atoms with Crippen molar-refractivity contribution in [2.24, 2.45) is 0 Å². The van der Waals surface area contributed by atoms with E-state index in [-0.39, 0.29) is 18.1 Å². The number of phenolic OH excluding ortho intramolecular Hbond substituents is 2. The Morgan fingerprint density at radius 2 is 1.88 bits per heavy atom. The lowest BCUT2D eigenvalue weighted by atomic mass is 10.1. The van der Waals surface area contributed by atoms with E-state index < -0.39 is 12.1 Å². The molecule has 6 heteroatoms. The van der Waals surface area contributed by atoms with Gasteiger partial charge in [0.05, 0.1) is 7.11 Å². The molecule has 0 amide bonds. The Morgan fingerprint density at radius 3 is 2.54 bits per heavy atom. The highest BCUT2D eigenvalue weighted by Crippen LogP contribution is 2.26. The first kappa shape index (κ1) is 17.4. The van der Waals surface area contributed by atoms with Crippen molar-refractivity contribution in [3.8, 4) is 17.2 Å². The van der Waals surface area contributed by atoms with Gasteiger partial charge in [0.15, 0.2) is 11.5 Å². The van der Waals surface area contributed by atoms with E-state index in [2.05, 4.69) is 0 Å². The minimum absolute atomic E-state index is 0.00856. The maximum atomic E-state index is 11.7. The standard InChI is InChI=1S/C18H18O6/c1-23-17-10-12(2-8-15(17)20)3-9-18(22)24-11-16(21)13-4-6-14(19)7-5-13/h2-10,16,19-21H,11H2,1H3/b9-3+/t16-/m0/s1. The number of aliphatic hydroxyl groups is 1. The van der Waals surface area contributed by atoms with Gasteiger partial charge in [0.2, 0.25) is 0 Å². The first-order valence-corrected chi connectivity index (χ1v) is 7.18. The van der Waals surface area contributed by atoms with Gasteiger partial charge in [0.25, 0.3) is 0 Å². The van der Waals surface area contributed by atoms with Crippen LogP contribution in [0.5, 0.6) is 17.2 Å². The molecule has 3 N–H and O–H groups in total. The number of esters is 1. The Kier molecular flexibility index (Phi) is 5.81. The van der Waals surface area contributed by atoms with E-state index in [4.69, 9.17) is 9.47 Å². The number of phenols is 2. The fourth-order valence-corrected chi connectivity index (χ4v) is 1.96. The van der Waals surface area contributed by atoms with E-state index in [1.165, 1.54) is 37.5 Å². The van der Waals surface area contributed by atoms with Gasteiger partial charge in [-0.1, -0.05) is 18.2 Å². The van der Waals surface area contributed by atoms with Crippen molar-refractivity contribution in [3.05, 3.63) is 59.7 Å². The Bertz CT molecular complexity index is 721. The highest BCUT2D eigenvalue weighted by Gasteiger charge is 2.10. The van der Waals surface area contributed by atoms with E-state index in [0.717, 1.165) is 0 Å². The molecule has 0 unspecified atom stereocenters. The molecule has 0 aliphatic carbocycles. The lowest BCUT2D eigenvalue weighted by Crippen LogP contribution is -2.10. The maximum Gasteiger partial charge on any atom is 0.330 e. The van der Waals surface area contributed by atoms with Crippen molar-refractivity contribution >= 4 is 12.0 Å². The van der Waals surface area contributed by atoms with Crippen LogP contribution in [0.25, 0.3) is 6.08 Å². The molecule has 0 saturated carbocycles. The number of aliphatic hydroxyl groups excluding tert-OH is 1. The Balaban J connectivity index is 1.89. The summed E-state index contributed by atoms with van der Waals surface area (Å²) in [5, 5.41) is 28.6. The van der Waals surface area contributed by atoms with Gasteiger partial charge >= 0.3 is 5.97 Å². The van der Waals surface area contributed by atoms with E-state index in [1.807, 2.05) is 0 Å². The van der Waals surface area contributed by atoms with Crippen LogP contribution < -0.4 is 4.74 Å². The number of carbonyl (C=O) groups is 1. The average Bonchev–Trinajstić information content (AvgIpc) is 2.59. The van der Waals surface area contributed by atoms with Crippen molar-refractivity contribution in [2.45, 2.75) is 6.10 Å². The predicted molar refractivity (Wildman–Crippen MR) is 87.7 cm³/mol. The molecule has 0 bridgehead atoms. The molecular formula is C18H18O6. The largest absolute Gasteiger partial charge is 0.508 e. The van der Waals surface area contributed by atoms with Crippen LogP contribution in [0.1, 0.15) is 17.2 Å². The molecule has 0 saturated heterocycles. The van der Waals surface area contributed by atoms with Gasteiger partial charge in [-0.05, 0) is 41.5 Å². The number of hydrogen-bond acceptors (Lipinski definition) is 6. The quantitative estimate of drug-likeness (QED) is 0.556. The first-order valence-electron chi connectivity index (χ1n) is 7.18. The number of rotatable bonds is 6. The summed E-state index contributed by atoms with van der Waals surface area (Å²) in [6.07, 6.45) is 1.75. The average molecular weight is 330 g/mol. The number of hydrogen-bond donors (Lipinski definition) is 3. The summed E-state index contributed by atoms with van der Waals surface area (Å²) >= 11 is 0. The number of aromatic hydroxyl groups is 2. The fourth-order valence-electron chi connectivity index (χ4n) is 1.96. The third kappa shape index (κ3) is 4.76. The van der Waals surface area contributed by atoms with Crippen molar-refractivity contribution in [2.75, 3.05) is 13.7 Å². The zero-order valence-electron chi connectivity index (χ0n) is 13.0. The van der Waals surface area contributed by atoms with Crippen LogP contribution in [-0.2, 0) is 9.53 Å². The van der Waals surface area contributed by atoms with Gasteiger partial charge in [-0.15, -0.1) is 0 Å². The van der Waals surface area contributed by atoms with Crippen LogP contribution in [-0.4, -0.2) is 35.0 Å². The topological polar surface area (TPSA) is 96.2 Å². The van der Waals surface area contributed by atoms with Crippen molar-refractivity contribution in [1.29, 1.82) is 0 Å². The molecule has 1 atom stereocenters. The molecule has 0 aliphatic rings. The van der Waals surface area contributed by atoms with Crippen LogP contribution in [0.15, 0.2) is 48.5 Å². The molecule has 126 valence electrons. The smallest absolute Gasteiger partial charge is 0.330 e. The lowest BCUT2D eigenvalue weighted by molar-refractivity contribution is -0.140. The minimum atomic E-state index is -0.975. The normalized spacial score (nSPS) is 12.1. The zero-order valence-corrected chi connectivity index (χ0v) is 13.0. The lowest BCUT2D eigenvalue weighted by Gasteiger charge is -2.10. The van der Waals surface area contributed by atoms with Crippen LogP contribution in [0, 0.1) is 0 Å². The summed E-state index contributed by atoms with van der Waals surface area (Å²) in [5.41, 5.74) is 1.19. The fraction of sp³-hybridized carbons (Fsp3) is 0.167. The third-order valence-corrected chi connectivity index (χ3v) is 3.28. The molecule has 24 heavy (non-hydrogen) atoms. The van der Waals surface area contributed by atoms with Crippen LogP contribution in [0.4, 0.5) is 0 Å². The zero-order chi connectivity index (χ0) is 17.5. The molecule has 2 aromatic carbocycles. The van der Waals surface area contributed by atoms with E-state index in [0.29, 0.717) is 16.9 Å². The van der Waals surface area contributed by atoms with Crippen molar-refractivity contribution < 1.29 is 29.6 Å². The van der Waals surface area contributed by atoms with E-state index >= 15 is 0 Å². The SMILES string of the molecule is COc1cc(/C=C/C(=O)OC[C@H](O)c2ccc(O)cc2)ccc1O. The van der Waals surface area contributed by atoms with Gasteiger partial charge < -0.3 is 24.8 Å². The Labute approximate surface area is 139 Å². The predicted octanol–water partition coefficient (Wildman–Crippen LogP) is 2.40. The van der Waals surface area contributed by atoms with Gasteiger partial charge in [-0.2, -0.15) is 0 Å². The number of ether oxygens (including phenoxy) is 2. The molecule has 6 nitrogen and oxygen atoms in total. The molecule has 0 radical (unpaired) electrons. The van der Waals surface area contributed by atoms with E-state index in [1.54, 1.807) is 24.3 Å². The van der Waals surface area contributed by atoms with Crippen molar-refractivity contribution in [3.63, 3.8) is 0 Å². The second kappa shape index (κ2) is 8.03. The summed E-state index contributed by atoms with van der Waals surface area (Å²) in [6.45, 7) is -0.202. The highest BCUT2D eigenvalue weighted by atomic mass is 16.5. The molecule has 0 fully saturated rings. The van der Waals surface area contributed by atoms with Crippen LogP contribution in [0.3, 0.4) is 0 Å². The molecular weight excluding hydrogens is 312 g/mol. The monoisotopic (exact) mass is 330 g/mol. The summed E-state index contributed by atoms with van der Waals surface area (Å²) < 4.78 is 9.95. The molecule has 0 spiro atoms. The second-order valence-electron chi connectivity index (χ2n) is 5.00. The molecule has 0 aliphatic heterocycles. The van der Waals surface area contributed by atoms with Gasteiger partial charge in [-0.25, -0.2) is 4.79 Å². The Morgan fingerprint density at radius 1 is 1.17 bits per heavy atom. The van der Waals surface area contributed by atoms with Crippen LogP contribution >= 0.6 is 0 Å². The van der Waals surface area contributed by atoms with Gasteiger partial charge in [0, 0.05) is 6.08 Å². The number of methoxy groups -OCH3 is 1. The molecule has 0 aromatic heterocycles. The number of carbonyl (C=O) groups excluding carboxylic acids is 1. The van der Waals surface area contributed by atoms with Crippen LogP contribution in [0.2, 0.25) is 0 Å². The van der Waals surface area contributed by atoms with Crippen molar-refractivity contribution in [1.82, 2.24) is 0 Å². The maximum absolute atomic E-state index is 11.7. The van der Waals surface area contributed by atoms with E-state index in [9.17, 15) is 20.1 Å². The summed E-state index contributed by atoms with van der Waals surface area (Å²) in [6, 6.07) is 10.6. The number of benzene rings is 2. The molecule has 2 aromatic rings. The Hall–Kier alpha value is -2.99.